The van der Waals surface area contributed by atoms with Crippen molar-refractivity contribution in [1.82, 2.24) is 20.4 Å². The summed E-state index contributed by atoms with van der Waals surface area (Å²) in [4.78, 5) is 2.06. The van der Waals surface area contributed by atoms with Crippen molar-refractivity contribution in [2.45, 2.75) is 19.5 Å². The van der Waals surface area contributed by atoms with Crippen molar-refractivity contribution in [2.24, 2.45) is 0 Å². The molecule has 1 saturated heterocycles. The SMILES string of the molecule is Cc1cccc(-c2nnc(CN3CCNCC3C#N)o2)c1. The highest BCUT2D eigenvalue weighted by Crippen LogP contribution is 2.19. The van der Waals surface area contributed by atoms with Gasteiger partial charge in [-0.2, -0.15) is 5.26 Å². The van der Waals surface area contributed by atoms with Gasteiger partial charge in [-0.25, -0.2) is 0 Å². The van der Waals surface area contributed by atoms with Gasteiger partial charge in [0, 0.05) is 25.2 Å². The van der Waals surface area contributed by atoms with Gasteiger partial charge >= 0.3 is 0 Å². The standard InChI is InChI=1S/C15H17N5O/c1-11-3-2-4-12(7-11)15-19-18-14(21-15)10-20-6-5-17-9-13(20)8-16/h2-4,7,13,17H,5-6,9-10H2,1H3. The number of nitrogens with one attached hydrogen (secondary N) is 1. The lowest BCUT2D eigenvalue weighted by Crippen LogP contribution is -2.50. The van der Waals surface area contributed by atoms with E-state index in [4.69, 9.17) is 9.68 Å². The normalized spacial score (nSPS) is 19.3. The van der Waals surface area contributed by atoms with E-state index in [0.717, 1.165) is 24.2 Å². The van der Waals surface area contributed by atoms with Gasteiger partial charge < -0.3 is 9.73 Å². The molecule has 0 amide bonds. The molecule has 1 atom stereocenters. The molecule has 108 valence electrons. The first-order chi connectivity index (χ1) is 10.3. The molecule has 0 saturated carbocycles. The van der Waals surface area contributed by atoms with Crippen LogP contribution in [0.3, 0.4) is 0 Å². The minimum atomic E-state index is -0.145. The van der Waals surface area contributed by atoms with Gasteiger partial charge in [-0.15, -0.1) is 10.2 Å². The van der Waals surface area contributed by atoms with Gasteiger partial charge in [0.1, 0.15) is 6.04 Å². The number of aromatic nitrogens is 2. The number of piperazine rings is 1. The first-order valence-electron chi connectivity index (χ1n) is 7.00. The number of aryl methyl sites for hydroxylation is 1. The predicted molar refractivity (Wildman–Crippen MR) is 77.2 cm³/mol. The predicted octanol–water partition coefficient (Wildman–Crippen LogP) is 1.34. The minimum absolute atomic E-state index is 0.145. The molecular weight excluding hydrogens is 266 g/mol. The Morgan fingerprint density at radius 3 is 3.19 bits per heavy atom. The molecular formula is C15H17N5O. The fourth-order valence-electron chi connectivity index (χ4n) is 2.45. The molecule has 1 aromatic heterocycles. The Balaban J connectivity index is 1.75. The number of benzene rings is 1. The van der Waals surface area contributed by atoms with Crippen LogP contribution in [0.5, 0.6) is 0 Å². The number of nitriles is 1. The quantitative estimate of drug-likeness (QED) is 0.916. The molecule has 1 aromatic carbocycles. The fourth-order valence-corrected chi connectivity index (χ4v) is 2.45. The zero-order valence-corrected chi connectivity index (χ0v) is 11.9. The molecule has 1 aliphatic rings. The molecule has 3 rings (SSSR count). The summed E-state index contributed by atoms with van der Waals surface area (Å²) < 4.78 is 5.73. The third kappa shape index (κ3) is 3.10. The zero-order valence-electron chi connectivity index (χ0n) is 11.9. The van der Waals surface area contributed by atoms with E-state index in [1.54, 1.807) is 0 Å². The van der Waals surface area contributed by atoms with Gasteiger partial charge in [0.2, 0.25) is 11.8 Å². The summed E-state index contributed by atoms with van der Waals surface area (Å²) in [7, 11) is 0. The molecule has 0 aliphatic carbocycles. The van der Waals surface area contributed by atoms with Crippen LogP contribution in [0.2, 0.25) is 0 Å². The Labute approximate surface area is 123 Å². The fraction of sp³-hybridized carbons (Fsp3) is 0.400. The van der Waals surface area contributed by atoms with Gasteiger partial charge in [-0.05, 0) is 19.1 Å². The van der Waals surface area contributed by atoms with Crippen molar-refractivity contribution in [2.75, 3.05) is 19.6 Å². The highest BCUT2D eigenvalue weighted by Gasteiger charge is 2.23. The van der Waals surface area contributed by atoms with Gasteiger partial charge in [0.15, 0.2) is 0 Å². The van der Waals surface area contributed by atoms with Crippen LogP contribution in [0.4, 0.5) is 0 Å². The molecule has 1 aliphatic heterocycles. The maximum absolute atomic E-state index is 9.15. The lowest BCUT2D eigenvalue weighted by molar-refractivity contribution is 0.173. The summed E-state index contributed by atoms with van der Waals surface area (Å²) in [5.74, 6) is 1.07. The first kappa shape index (κ1) is 13.7. The van der Waals surface area contributed by atoms with Crippen molar-refractivity contribution in [1.29, 1.82) is 5.26 Å². The molecule has 0 spiro atoms. The lowest BCUT2D eigenvalue weighted by atomic mass is 10.1. The third-order valence-electron chi connectivity index (χ3n) is 3.57. The average Bonchev–Trinajstić information content (AvgIpc) is 2.96. The maximum atomic E-state index is 9.15. The van der Waals surface area contributed by atoms with Crippen molar-refractivity contribution in [3.05, 3.63) is 35.7 Å². The second kappa shape index (κ2) is 6.04. The number of hydrogen-bond donors (Lipinski definition) is 1. The summed E-state index contributed by atoms with van der Waals surface area (Å²) in [6.45, 7) is 4.89. The van der Waals surface area contributed by atoms with E-state index in [1.165, 1.54) is 0 Å². The Morgan fingerprint density at radius 1 is 1.48 bits per heavy atom. The van der Waals surface area contributed by atoms with Crippen LogP contribution in [-0.4, -0.2) is 40.8 Å². The van der Waals surface area contributed by atoms with Crippen LogP contribution in [0.15, 0.2) is 28.7 Å². The van der Waals surface area contributed by atoms with Crippen molar-refractivity contribution in [3.8, 4) is 17.5 Å². The molecule has 2 aromatic rings. The van der Waals surface area contributed by atoms with Crippen molar-refractivity contribution < 1.29 is 4.42 Å². The molecule has 0 bridgehead atoms. The number of hydrogen-bond acceptors (Lipinski definition) is 6. The van der Waals surface area contributed by atoms with Gasteiger partial charge in [-0.3, -0.25) is 4.90 Å². The number of nitrogens with zero attached hydrogens (tertiary/aromatic N) is 4. The van der Waals surface area contributed by atoms with E-state index in [-0.39, 0.29) is 6.04 Å². The molecule has 21 heavy (non-hydrogen) atoms. The van der Waals surface area contributed by atoms with E-state index in [2.05, 4.69) is 26.5 Å². The highest BCUT2D eigenvalue weighted by atomic mass is 16.4. The lowest BCUT2D eigenvalue weighted by Gasteiger charge is -2.30. The molecule has 1 fully saturated rings. The van der Waals surface area contributed by atoms with Crippen molar-refractivity contribution in [3.63, 3.8) is 0 Å². The summed E-state index contributed by atoms with van der Waals surface area (Å²) in [6, 6.07) is 10.1. The molecule has 0 radical (unpaired) electrons. The van der Waals surface area contributed by atoms with Crippen LogP contribution in [0.1, 0.15) is 11.5 Å². The van der Waals surface area contributed by atoms with Crippen LogP contribution < -0.4 is 5.32 Å². The van der Waals surface area contributed by atoms with Gasteiger partial charge in [0.05, 0.1) is 12.6 Å². The van der Waals surface area contributed by atoms with E-state index in [9.17, 15) is 0 Å². The Kier molecular flexibility index (Phi) is 3.95. The van der Waals surface area contributed by atoms with Crippen LogP contribution in [0.25, 0.3) is 11.5 Å². The summed E-state index contributed by atoms with van der Waals surface area (Å²) in [6.07, 6.45) is 0. The number of rotatable bonds is 3. The Morgan fingerprint density at radius 2 is 2.38 bits per heavy atom. The summed E-state index contributed by atoms with van der Waals surface area (Å²) in [5.41, 5.74) is 2.07. The first-order valence-corrected chi connectivity index (χ1v) is 7.00. The Bertz CT molecular complexity index is 660. The minimum Gasteiger partial charge on any atom is -0.419 e. The second-order valence-corrected chi connectivity index (χ2v) is 5.19. The monoisotopic (exact) mass is 283 g/mol. The van der Waals surface area contributed by atoms with Gasteiger partial charge in [-0.1, -0.05) is 17.7 Å². The molecule has 6 heteroatoms. The summed E-state index contributed by atoms with van der Waals surface area (Å²) >= 11 is 0. The molecule has 2 heterocycles. The Hall–Kier alpha value is -2.23. The largest absolute Gasteiger partial charge is 0.419 e. The van der Waals surface area contributed by atoms with E-state index in [0.29, 0.717) is 24.9 Å². The topological polar surface area (TPSA) is 78.0 Å². The second-order valence-electron chi connectivity index (χ2n) is 5.19. The van der Waals surface area contributed by atoms with E-state index < -0.39 is 0 Å². The van der Waals surface area contributed by atoms with Crippen LogP contribution in [-0.2, 0) is 6.54 Å². The van der Waals surface area contributed by atoms with E-state index in [1.807, 2.05) is 31.2 Å². The average molecular weight is 283 g/mol. The highest BCUT2D eigenvalue weighted by molar-refractivity contribution is 5.53. The molecule has 6 nitrogen and oxygen atoms in total. The zero-order chi connectivity index (χ0) is 14.7. The van der Waals surface area contributed by atoms with Gasteiger partial charge in [0.25, 0.3) is 0 Å². The van der Waals surface area contributed by atoms with Crippen LogP contribution in [0, 0.1) is 18.3 Å². The smallest absolute Gasteiger partial charge is 0.247 e. The summed E-state index contributed by atoms with van der Waals surface area (Å²) in [5, 5.41) is 20.6. The molecule has 1 N–H and O–H groups in total. The maximum Gasteiger partial charge on any atom is 0.247 e. The molecule has 1 unspecified atom stereocenters. The van der Waals surface area contributed by atoms with Crippen molar-refractivity contribution >= 4 is 0 Å². The van der Waals surface area contributed by atoms with Crippen LogP contribution >= 0.6 is 0 Å². The van der Waals surface area contributed by atoms with E-state index >= 15 is 0 Å². The third-order valence-corrected chi connectivity index (χ3v) is 3.57.